The van der Waals surface area contributed by atoms with Gasteiger partial charge in [0.2, 0.25) is 0 Å². The minimum absolute atomic E-state index is 0.0798. The SMILES string of the molecule is O=C(Nc1ccc2c(c1)CCO2)c1ccccc1I. The molecule has 0 spiro atoms. The Morgan fingerprint density at radius 2 is 2.05 bits per heavy atom. The van der Waals surface area contributed by atoms with Gasteiger partial charge in [-0.2, -0.15) is 0 Å². The van der Waals surface area contributed by atoms with Crippen molar-refractivity contribution in [3.63, 3.8) is 0 Å². The first-order chi connectivity index (χ1) is 9.24. The molecule has 0 aromatic heterocycles. The van der Waals surface area contributed by atoms with Gasteiger partial charge in [0, 0.05) is 15.7 Å². The Bertz CT molecular complexity index is 640. The molecule has 1 aliphatic heterocycles. The Hall–Kier alpha value is -1.56. The van der Waals surface area contributed by atoms with Gasteiger partial charge in [0.05, 0.1) is 12.2 Å². The maximum absolute atomic E-state index is 12.2. The van der Waals surface area contributed by atoms with Crippen LogP contribution in [-0.2, 0) is 6.42 Å². The second kappa shape index (κ2) is 5.21. The molecule has 0 unspecified atom stereocenters. The van der Waals surface area contributed by atoms with Crippen molar-refractivity contribution in [2.45, 2.75) is 6.42 Å². The molecule has 0 saturated carbocycles. The molecule has 0 atom stereocenters. The number of amides is 1. The van der Waals surface area contributed by atoms with Crippen molar-refractivity contribution in [1.29, 1.82) is 0 Å². The van der Waals surface area contributed by atoms with Gasteiger partial charge >= 0.3 is 0 Å². The second-order valence-electron chi connectivity index (χ2n) is 4.35. The van der Waals surface area contributed by atoms with Gasteiger partial charge in [0.25, 0.3) is 5.91 Å². The number of hydrogen-bond acceptors (Lipinski definition) is 2. The summed E-state index contributed by atoms with van der Waals surface area (Å²) in [6.45, 7) is 0.726. The fourth-order valence-corrected chi connectivity index (χ4v) is 2.74. The van der Waals surface area contributed by atoms with Gasteiger partial charge in [0.15, 0.2) is 0 Å². The molecule has 1 heterocycles. The van der Waals surface area contributed by atoms with Crippen LogP contribution in [0.2, 0.25) is 0 Å². The normalized spacial score (nSPS) is 12.7. The fraction of sp³-hybridized carbons (Fsp3) is 0.133. The van der Waals surface area contributed by atoms with Crippen LogP contribution in [-0.4, -0.2) is 12.5 Å². The number of benzene rings is 2. The lowest BCUT2D eigenvalue weighted by atomic mass is 10.1. The van der Waals surface area contributed by atoms with Crippen molar-refractivity contribution in [2.75, 3.05) is 11.9 Å². The van der Waals surface area contributed by atoms with E-state index in [2.05, 4.69) is 27.9 Å². The van der Waals surface area contributed by atoms with E-state index in [-0.39, 0.29) is 5.91 Å². The lowest BCUT2D eigenvalue weighted by Gasteiger charge is -2.08. The number of rotatable bonds is 2. The van der Waals surface area contributed by atoms with E-state index in [9.17, 15) is 4.79 Å². The number of anilines is 1. The molecule has 3 rings (SSSR count). The Morgan fingerprint density at radius 3 is 2.89 bits per heavy atom. The van der Waals surface area contributed by atoms with Crippen molar-refractivity contribution < 1.29 is 9.53 Å². The van der Waals surface area contributed by atoms with Crippen LogP contribution in [0.15, 0.2) is 42.5 Å². The summed E-state index contributed by atoms with van der Waals surface area (Å²) in [5, 5.41) is 2.93. The highest BCUT2D eigenvalue weighted by molar-refractivity contribution is 14.1. The highest BCUT2D eigenvalue weighted by Crippen LogP contribution is 2.28. The summed E-state index contributed by atoms with van der Waals surface area (Å²) >= 11 is 2.17. The number of carbonyl (C=O) groups is 1. The minimum atomic E-state index is -0.0798. The molecule has 1 N–H and O–H groups in total. The van der Waals surface area contributed by atoms with Crippen molar-refractivity contribution in [3.8, 4) is 5.75 Å². The van der Waals surface area contributed by atoms with Crippen LogP contribution in [0.25, 0.3) is 0 Å². The number of halogens is 1. The van der Waals surface area contributed by atoms with E-state index in [1.165, 1.54) is 0 Å². The quantitative estimate of drug-likeness (QED) is 0.828. The number of fused-ring (bicyclic) bond motifs is 1. The molecule has 1 amide bonds. The Labute approximate surface area is 125 Å². The lowest BCUT2D eigenvalue weighted by molar-refractivity contribution is 0.102. The van der Waals surface area contributed by atoms with Crippen LogP contribution in [0, 0.1) is 3.57 Å². The van der Waals surface area contributed by atoms with Crippen LogP contribution < -0.4 is 10.1 Å². The molecule has 3 nitrogen and oxygen atoms in total. The molecular formula is C15H12INO2. The molecule has 2 aromatic rings. The predicted octanol–water partition coefficient (Wildman–Crippen LogP) is 3.48. The van der Waals surface area contributed by atoms with Crippen LogP contribution in [0.5, 0.6) is 5.75 Å². The summed E-state index contributed by atoms with van der Waals surface area (Å²) in [6.07, 6.45) is 0.905. The third kappa shape index (κ3) is 2.58. The molecule has 2 aromatic carbocycles. The van der Waals surface area contributed by atoms with Crippen molar-refractivity contribution in [3.05, 3.63) is 57.2 Å². The highest BCUT2D eigenvalue weighted by atomic mass is 127. The Balaban J connectivity index is 1.82. The number of carbonyl (C=O) groups excluding carboxylic acids is 1. The molecule has 0 radical (unpaired) electrons. The molecule has 96 valence electrons. The summed E-state index contributed by atoms with van der Waals surface area (Å²) in [7, 11) is 0. The van der Waals surface area contributed by atoms with E-state index in [0.717, 1.165) is 33.6 Å². The van der Waals surface area contributed by atoms with Crippen molar-refractivity contribution in [2.24, 2.45) is 0 Å². The molecule has 4 heteroatoms. The lowest BCUT2D eigenvalue weighted by Crippen LogP contribution is -2.13. The Kier molecular flexibility index (Phi) is 3.42. The third-order valence-electron chi connectivity index (χ3n) is 3.07. The van der Waals surface area contributed by atoms with Gasteiger partial charge in [-0.25, -0.2) is 0 Å². The van der Waals surface area contributed by atoms with Gasteiger partial charge in [-0.1, -0.05) is 12.1 Å². The van der Waals surface area contributed by atoms with Crippen LogP contribution in [0.4, 0.5) is 5.69 Å². The average Bonchev–Trinajstić information content (AvgIpc) is 2.86. The average molecular weight is 365 g/mol. The standard InChI is InChI=1S/C15H12INO2/c16-13-4-2-1-3-12(13)15(18)17-11-5-6-14-10(9-11)7-8-19-14/h1-6,9H,7-8H2,(H,17,18). The zero-order chi connectivity index (χ0) is 13.2. The molecule has 0 bridgehead atoms. The van der Waals surface area contributed by atoms with E-state index in [1.807, 2.05) is 42.5 Å². The molecule has 0 saturated heterocycles. The van der Waals surface area contributed by atoms with Crippen LogP contribution in [0.1, 0.15) is 15.9 Å². The third-order valence-corrected chi connectivity index (χ3v) is 4.01. The number of hydrogen-bond donors (Lipinski definition) is 1. The fourth-order valence-electron chi connectivity index (χ4n) is 2.11. The first-order valence-electron chi connectivity index (χ1n) is 6.05. The van der Waals surface area contributed by atoms with Crippen LogP contribution >= 0.6 is 22.6 Å². The first-order valence-corrected chi connectivity index (χ1v) is 7.13. The maximum atomic E-state index is 12.2. The summed E-state index contributed by atoms with van der Waals surface area (Å²) in [5.74, 6) is 0.844. The molecule has 19 heavy (non-hydrogen) atoms. The largest absolute Gasteiger partial charge is 0.493 e. The van der Waals surface area contributed by atoms with Gasteiger partial charge in [-0.05, 0) is 58.5 Å². The van der Waals surface area contributed by atoms with E-state index in [0.29, 0.717) is 5.56 Å². The minimum Gasteiger partial charge on any atom is -0.493 e. The van der Waals surface area contributed by atoms with Gasteiger partial charge < -0.3 is 10.1 Å². The predicted molar refractivity (Wildman–Crippen MR) is 82.8 cm³/mol. The number of nitrogens with one attached hydrogen (secondary N) is 1. The van der Waals surface area contributed by atoms with Gasteiger partial charge in [-0.3, -0.25) is 4.79 Å². The van der Waals surface area contributed by atoms with Crippen LogP contribution in [0.3, 0.4) is 0 Å². The molecule has 0 aliphatic carbocycles. The molecule has 0 fully saturated rings. The van der Waals surface area contributed by atoms with E-state index in [4.69, 9.17) is 4.74 Å². The van der Waals surface area contributed by atoms with Crippen molar-refractivity contribution >= 4 is 34.2 Å². The maximum Gasteiger partial charge on any atom is 0.256 e. The van der Waals surface area contributed by atoms with Crippen molar-refractivity contribution in [1.82, 2.24) is 0 Å². The number of ether oxygens (including phenoxy) is 1. The summed E-state index contributed by atoms with van der Waals surface area (Å²) in [5.41, 5.74) is 2.66. The van der Waals surface area contributed by atoms with E-state index in [1.54, 1.807) is 0 Å². The summed E-state index contributed by atoms with van der Waals surface area (Å²) < 4.78 is 6.39. The summed E-state index contributed by atoms with van der Waals surface area (Å²) in [6, 6.07) is 13.3. The van der Waals surface area contributed by atoms with E-state index < -0.39 is 0 Å². The summed E-state index contributed by atoms with van der Waals surface area (Å²) in [4.78, 5) is 12.2. The Morgan fingerprint density at radius 1 is 1.21 bits per heavy atom. The topological polar surface area (TPSA) is 38.3 Å². The van der Waals surface area contributed by atoms with Gasteiger partial charge in [0.1, 0.15) is 5.75 Å². The van der Waals surface area contributed by atoms with E-state index >= 15 is 0 Å². The monoisotopic (exact) mass is 365 g/mol. The smallest absolute Gasteiger partial charge is 0.256 e. The molecule has 1 aliphatic rings. The first kappa shape index (κ1) is 12.5. The van der Waals surface area contributed by atoms with Gasteiger partial charge in [-0.15, -0.1) is 0 Å². The zero-order valence-corrected chi connectivity index (χ0v) is 12.3. The second-order valence-corrected chi connectivity index (χ2v) is 5.52. The molecular weight excluding hydrogens is 353 g/mol. The zero-order valence-electron chi connectivity index (χ0n) is 10.2. The highest BCUT2D eigenvalue weighted by Gasteiger charge is 2.14.